The minimum atomic E-state index is -3.68. The second-order valence-electron chi connectivity index (χ2n) is 4.69. The van der Waals surface area contributed by atoms with Crippen LogP contribution in [0.4, 0.5) is 5.69 Å². The molecule has 0 aliphatic heterocycles. The average molecular weight is 345 g/mol. The highest BCUT2D eigenvalue weighted by Crippen LogP contribution is 2.27. The van der Waals surface area contributed by atoms with Gasteiger partial charge in [-0.2, -0.15) is 0 Å². The molecule has 4 nitrogen and oxygen atoms in total. The Labute approximate surface area is 134 Å². The number of thiophene rings is 1. The molecule has 0 atom stereocenters. The number of hydrogen-bond donors (Lipinski definition) is 2. The molecule has 1 aromatic heterocycles. The van der Waals surface area contributed by atoms with Crippen LogP contribution in [-0.2, 0) is 23.0 Å². The maximum atomic E-state index is 12.3. The number of anilines is 1. The highest BCUT2D eigenvalue weighted by Gasteiger charge is 2.19. The molecule has 114 valence electrons. The molecule has 1 aromatic carbocycles. The zero-order valence-electron chi connectivity index (χ0n) is 11.8. The standard InChI is InChI=1S/C14H17ClN2O2S2/c1-3-10-4-5-11(20-10)8-17-21(18,19)14-7-13(16)9(2)6-12(14)15/h4-7,17H,3,8,16H2,1-2H3. The lowest BCUT2D eigenvalue weighted by Crippen LogP contribution is -2.23. The number of benzene rings is 1. The van der Waals surface area contributed by atoms with Crippen LogP contribution in [0.15, 0.2) is 29.2 Å². The third kappa shape index (κ3) is 3.77. The zero-order valence-corrected chi connectivity index (χ0v) is 14.2. The zero-order chi connectivity index (χ0) is 15.6. The Bertz CT molecular complexity index is 754. The maximum Gasteiger partial charge on any atom is 0.242 e. The van der Waals surface area contributed by atoms with E-state index < -0.39 is 10.0 Å². The van der Waals surface area contributed by atoms with Crippen LogP contribution in [0, 0.1) is 6.92 Å². The Morgan fingerprint density at radius 3 is 2.57 bits per heavy atom. The van der Waals surface area contributed by atoms with Crippen molar-refractivity contribution in [1.82, 2.24) is 4.72 Å². The van der Waals surface area contributed by atoms with Gasteiger partial charge in [0, 0.05) is 22.0 Å². The van der Waals surface area contributed by atoms with E-state index in [1.165, 1.54) is 10.9 Å². The summed E-state index contributed by atoms with van der Waals surface area (Å²) in [5.74, 6) is 0. The molecule has 3 N–H and O–H groups in total. The van der Waals surface area contributed by atoms with Crippen LogP contribution < -0.4 is 10.5 Å². The van der Waals surface area contributed by atoms with E-state index in [2.05, 4.69) is 11.6 Å². The molecule has 0 aliphatic carbocycles. The van der Waals surface area contributed by atoms with Crippen molar-refractivity contribution in [1.29, 1.82) is 0 Å². The monoisotopic (exact) mass is 344 g/mol. The van der Waals surface area contributed by atoms with Crippen molar-refractivity contribution in [3.8, 4) is 0 Å². The lowest BCUT2D eigenvalue weighted by molar-refractivity contribution is 0.582. The maximum absolute atomic E-state index is 12.3. The van der Waals surface area contributed by atoms with Gasteiger partial charge in [-0.3, -0.25) is 0 Å². The summed E-state index contributed by atoms with van der Waals surface area (Å²) in [7, 11) is -3.68. The van der Waals surface area contributed by atoms with Crippen molar-refractivity contribution in [3.63, 3.8) is 0 Å². The Morgan fingerprint density at radius 2 is 1.95 bits per heavy atom. The first kappa shape index (κ1) is 16.3. The van der Waals surface area contributed by atoms with Crippen LogP contribution in [0.2, 0.25) is 5.02 Å². The average Bonchev–Trinajstić information content (AvgIpc) is 2.88. The highest BCUT2D eigenvalue weighted by molar-refractivity contribution is 7.89. The van der Waals surface area contributed by atoms with E-state index in [-0.39, 0.29) is 16.5 Å². The smallest absolute Gasteiger partial charge is 0.242 e. The molecular formula is C14H17ClN2O2S2. The molecule has 0 unspecified atom stereocenters. The normalized spacial score (nSPS) is 11.8. The third-order valence-electron chi connectivity index (χ3n) is 3.11. The van der Waals surface area contributed by atoms with Gasteiger partial charge in [-0.1, -0.05) is 18.5 Å². The molecule has 7 heteroatoms. The van der Waals surface area contributed by atoms with Gasteiger partial charge in [-0.25, -0.2) is 13.1 Å². The van der Waals surface area contributed by atoms with Crippen LogP contribution in [0.3, 0.4) is 0 Å². The predicted octanol–water partition coefficient (Wildman–Crippen LogP) is 3.33. The summed E-state index contributed by atoms with van der Waals surface area (Å²) in [6.07, 6.45) is 0.942. The third-order valence-corrected chi connectivity index (χ3v) is 6.21. The highest BCUT2D eigenvalue weighted by atomic mass is 35.5. The number of hydrogen-bond acceptors (Lipinski definition) is 4. The summed E-state index contributed by atoms with van der Waals surface area (Å²) in [5, 5.41) is 0.176. The van der Waals surface area contributed by atoms with Crippen LogP contribution in [0.5, 0.6) is 0 Å². The first-order valence-electron chi connectivity index (χ1n) is 6.46. The Hall–Kier alpha value is -1.08. The van der Waals surface area contributed by atoms with Crippen LogP contribution in [0.25, 0.3) is 0 Å². The molecule has 0 spiro atoms. The second kappa shape index (κ2) is 6.36. The lowest BCUT2D eigenvalue weighted by atomic mass is 10.2. The van der Waals surface area contributed by atoms with Crippen molar-refractivity contribution in [2.24, 2.45) is 0 Å². The number of rotatable bonds is 5. The topological polar surface area (TPSA) is 72.2 Å². The number of nitrogens with one attached hydrogen (secondary N) is 1. The van der Waals surface area contributed by atoms with E-state index in [0.29, 0.717) is 5.69 Å². The quantitative estimate of drug-likeness (QED) is 0.817. The van der Waals surface area contributed by atoms with Crippen molar-refractivity contribution in [3.05, 3.63) is 44.6 Å². The lowest BCUT2D eigenvalue weighted by Gasteiger charge is -2.10. The first-order valence-corrected chi connectivity index (χ1v) is 9.14. The van der Waals surface area contributed by atoms with Crippen molar-refractivity contribution in [2.75, 3.05) is 5.73 Å². The molecule has 0 aliphatic rings. The van der Waals surface area contributed by atoms with Gasteiger partial charge in [0.1, 0.15) is 4.90 Å². The summed E-state index contributed by atoms with van der Waals surface area (Å²) in [6, 6.07) is 6.89. The second-order valence-corrected chi connectivity index (χ2v) is 8.08. The summed E-state index contributed by atoms with van der Waals surface area (Å²) in [5.41, 5.74) is 6.93. The van der Waals surface area contributed by atoms with E-state index >= 15 is 0 Å². The Kier molecular flexibility index (Phi) is 4.93. The molecule has 0 amide bonds. The van der Waals surface area contributed by atoms with Gasteiger partial charge in [-0.15, -0.1) is 11.3 Å². The largest absolute Gasteiger partial charge is 0.398 e. The summed E-state index contributed by atoms with van der Waals surface area (Å²) >= 11 is 7.62. The Morgan fingerprint density at radius 1 is 1.29 bits per heavy atom. The van der Waals surface area contributed by atoms with Crippen molar-refractivity contribution in [2.45, 2.75) is 31.7 Å². The summed E-state index contributed by atoms with van der Waals surface area (Å²) < 4.78 is 27.2. The van der Waals surface area contributed by atoms with Gasteiger partial charge in [0.25, 0.3) is 0 Å². The number of halogens is 1. The molecule has 0 fully saturated rings. The van der Waals surface area contributed by atoms with E-state index in [0.717, 1.165) is 16.9 Å². The molecule has 0 saturated heterocycles. The number of nitrogens with two attached hydrogens (primary N) is 1. The molecule has 2 aromatic rings. The number of nitrogen functional groups attached to an aromatic ring is 1. The van der Waals surface area contributed by atoms with Gasteiger partial charge < -0.3 is 5.73 Å². The van der Waals surface area contributed by atoms with Crippen LogP contribution in [0.1, 0.15) is 22.2 Å². The molecule has 0 saturated carbocycles. The molecular weight excluding hydrogens is 328 g/mol. The fraction of sp³-hybridized carbons (Fsp3) is 0.286. The molecule has 1 heterocycles. The summed E-state index contributed by atoms with van der Waals surface area (Å²) in [4.78, 5) is 2.20. The van der Waals surface area contributed by atoms with Gasteiger partial charge in [0.2, 0.25) is 10.0 Å². The number of sulfonamides is 1. The van der Waals surface area contributed by atoms with Gasteiger partial charge in [0.05, 0.1) is 5.02 Å². The van der Waals surface area contributed by atoms with Crippen LogP contribution in [-0.4, -0.2) is 8.42 Å². The van der Waals surface area contributed by atoms with Gasteiger partial charge >= 0.3 is 0 Å². The fourth-order valence-corrected chi connectivity index (χ4v) is 4.44. The van der Waals surface area contributed by atoms with Crippen LogP contribution >= 0.6 is 22.9 Å². The Balaban J connectivity index is 2.20. The van der Waals surface area contributed by atoms with Gasteiger partial charge in [0.15, 0.2) is 0 Å². The number of aryl methyl sites for hydroxylation is 2. The van der Waals surface area contributed by atoms with E-state index in [1.54, 1.807) is 24.3 Å². The summed E-state index contributed by atoms with van der Waals surface area (Å²) in [6.45, 7) is 4.09. The molecule has 0 radical (unpaired) electrons. The first-order chi connectivity index (χ1) is 9.83. The van der Waals surface area contributed by atoms with Gasteiger partial charge in [-0.05, 0) is 43.2 Å². The van der Waals surface area contributed by atoms with E-state index in [9.17, 15) is 8.42 Å². The predicted molar refractivity (Wildman–Crippen MR) is 88.3 cm³/mol. The molecule has 0 bridgehead atoms. The minimum Gasteiger partial charge on any atom is -0.398 e. The van der Waals surface area contributed by atoms with Crippen molar-refractivity contribution >= 4 is 38.6 Å². The molecule has 21 heavy (non-hydrogen) atoms. The molecule has 2 rings (SSSR count). The minimum absolute atomic E-state index is 0.0135. The van der Waals surface area contributed by atoms with E-state index in [1.807, 2.05) is 12.1 Å². The van der Waals surface area contributed by atoms with E-state index in [4.69, 9.17) is 17.3 Å². The van der Waals surface area contributed by atoms with Crippen molar-refractivity contribution < 1.29 is 8.42 Å². The fourth-order valence-electron chi connectivity index (χ4n) is 1.83. The SMILES string of the molecule is CCc1ccc(CNS(=O)(=O)c2cc(N)c(C)cc2Cl)s1.